The largest absolute Gasteiger partial charge is 0.309 e. The van der Waals surface area contributed by atoms with Crippen LogP contribution < -0.4 is 0 Å². The first-order valence-electron chi connectivity index (χ1n) is 23.9. The van der Waals surface area contributed by atoms with E-state index in [4.69, 9.17) is 8.22 Å². The summed E-state index contributed by atoms with van der Waals surface area (Å²) in [6.07, 6.45) is 0. The van der Waals surface area contributed by atoms with Crippen molar-refractivity contribution in [1.29, 1.82) is 0 Å². The maximum Gasteiger partial charge on any atom is 0.0645 e. The monoisotopic (exact) mass is 723 g/mol. The Balaban J connectivity index is 1.24. The molecule has 0 radical (unpaired) electrons. The number of fused-ring (bicyclic) bond motifs is 6. The van der Waals surface area contributed by atoms with Crippen molar-refractivity contribution < 1.29 is 15.1 Å². The van der Waals surface area contributed by atoms with Gasteiger partial charge in [-0.15, -0.1) is 0 Å². The van der Waals surface area contributed by atoms with E-state index in [0.29, 0.717) is 33.1 Å². The van der Waals surface area contributed by atoms with Crippen LogP contribution in [-0.4, -0.2) is 9.13 Å². The number of hydrogen-bond acceptors (Lipinski definition) is 0. The van der Waals surface area contributed by atoms with Crippen molar-refractivity contribution in [3.63, 3.8) is 0 Å². The van der Waals surface area contributed by atoms with Gasteiger partial charge in [-0.2, -0.15) is 0 Å². The fourth-order valence-corrected chi connectivity index (χ4v) is 7.95. The van der Waals surface area contributed by atoms with Crippen molar-refractivity contribution in [1.82, 2.24) is 9.13 Å². The molecule has 0 amide bonds. The highest BCUT2D eigenvalue weighted by atomic mass is 15.0. The number of hydrogen-bond donors (Lipinski definition) is 0. The van der Waals surface area contributed by atoms with E-state index in [9.17, 15) is 6.85 Å². The molecule has 11 aromatic rings. The van der Waals surface area contributed by atoms with Gasteiger partial charge in [0.2, 0.25) is 0 Å². The van der Waals surface area contributed by atoms with Gasteiger partial charge in [0.25, 0.3) is 0 Å². The Hall–Kier alpha value is -7.42. The number of para-hydroxylation sites is 1. The van der Waals surface area contributed by atoms with Crippen molar-refractivity contribution >= 4 is 43.6 Å². The molecule has 0 spiro atoms. The second-order valence-corrected chi connectivity index (χ2v) is 13.7. The summed E-state index contributed by atoms with van der Waals surface area (Å²) < 4.78 is 105. The van der Waals surface area contributed by atoms with Crippen molar-refractivity contribution in [2.75, 3.05) is 0 Å². The molecule has 0 aliphatic carbocycles. The van der Waals surface area contributed by atoms with Crippen LogP contribution in [0.2, 0.25) is 0 Å². The van der Waals surface area contributed by atoms with E-state index in [1.54, 1.807) is 22.8 Å². The third-order valence-electron chi connectivity index (χ3n) is 10.5. The molecule has 2 heteroatoms. The highest BCUT2D eigenvalue weighted by Gasteiger charge is 2.19. The predicted octanol–water partition coefficient (Wildman–Crippen LogP) is 14.5. The molecular formula is C54H36N2. The quantitative estimate of drug-likeness (QED) is 0.162. The average Bonchev–Trinajstić information content (AvgIpc) is 3.89. The minimum atomic E-state index is -0.607. The van der Waals surface area contributed by atoms with Gasteiger partial charge in [0.1, 0.15) is 0 Å². The highest BCUT2D eigenvalue weighted by molar-refractivity contribution is 6.17. The maximum atomic E-state index is 9.95. The normalized spacial score (nSPS) is 14.3. The Morgan fingerprint density at radius 2 is 0.929 bits per heavy atom. The van der Waals surface area contributed by atoms with E-state index in [-0.39, 0.29) is 51.8 Å². The van der Waals surface area contributed by atoms with Gasteiger partial charge in [0.05, 0.1) is 37.1 Å². The lowest BCUT2D eigenvalue weighted by Gasteiger charge is -2.11. The van der Waals surface area contributed by atoms with Crippen LogP contribution in [0.4, 0.5) is 0 Å². The van der Waals surface area contributed by atoms with Crippen LogP contribution in [0.15, 0.2) is 218 Å². The number of nitrogens with zero attached hydrogens (tertiary/aromatic N) is 2. The van der Waals surface area contributed by atoms with E-state index in [1.165, 1.54) is 0 Å². The predicted molar refractivity (Wildman–Crippen MR) is 237 cm³/mol. The van der Waals surface area contributed by atoms with Crippen LogP contribution in [0.1, 0.15) is 15.1 Å². The number of aromatic nitrogens is 2. The molecule has 2 heterocycles. The summed E-state index contributed by atoms with van der Waals surface area (Å²) in [7, 11) is 0. The lowest BCUT2D eigenvalue weighted by Crippen LogP contribution is -1.94. The molecule has 0 fully saturated rings. The Kier molecular flexibility index (Phi) is 5.34. The molecule has 0 bridgehead atoms. The van der Waals surface area contributed by atoms with Crippen molar-refractivity contribution in [2.45, 2.75) is 0 Å². The average molecular weight is 724 g/mol. The van der Waals surface area contributed by atoms with E-state index >= 15 is 0 Å². The van der Waals surface area contributed by atoms with Gasteiger partial charge in [-0.1, -0.05) is 158 Å². The molecule has 56 heavy (non-hydrogen) atoms. The zero-order valence-electron chi connectivity index (χ0n) is 40.8. The molecule has 2 nitrogen and oxygen atoms in total. The first kappa shape index (κ1) is 22.7. The number of rotatable bonds is 6. The van der Waals surface area contributed by atoms with Crippen LogP contribution in [0.25, 0.3) is 99.5 Å². The van der Waals surface area contributed by atoms with Gasteiger partial charge in [0, 0.05) is 32.9 Å². The molecule has 0 unspecified atom stereocenters. The summed E-state index contributed by atoms with van der Waals surface area (Å²) in [5.41, 5.74) is 7.19. The highest BCUT2D eigenvalue weighted by Crippen LogP contribution is 2.42. The Morgan fingerprint density at radius 3 is 1.64 bits per heavy atom. The molecule has 0 N–H and O–H groups in total. The third-order valence-corrected chi connectivity index (χ3v) is 10.5. The lowest BCUT2D eigenvalue weighted by atomic mass is 9.97. The maximum absolute atomic E-state index is 9.95. The summed E-state index contributed by atoms with van der Waals surface area (Å²) in [6, 6.07) is 43.8. The molecule has 0 saturated heterocycles. The summed E-state index contributed by atoms with van der Waals surface area (Å²) in [5, 5.41) is 1.80. The zero-order valence-corrected chi connectivity index (χ0v) is 29.8. The Labute approximate surface area is 341 Å². The molecule has 2 aromatic heterocycles. The van der Waals surface area contributed by atoms with Crippen LogP contribution in [0, 0.1) is 0 Å². The minimum absolute atomic E-state index is 0.0189. The van der Waals surface area contributed by atoms with Crippen molar-refractivity contribution in [3.05, 3.63) is 218 Å². The van der Waals surface area contributed by atoms with Crippen LogP contribution in [0.3, 0.4) is 0 Å². The fourth-order valence-electron chi connectivity index (χ4n) is 7.95. The van der Waals surface area contributed by atoms with Gasteiger partial charge < -0.3 is 9.13 Å². The lowest BCUT2D eigenvalue weighted by molar-refractivity contribution is 1.18. The van der Waals surface area contributed by atoms with Crippen molar-refractivity contribution in [2.24, 2.45) is 0 Å². The molecule has 0 aliphatic rings. The Bertz CT molecular complexity index is 3850. The van der Waals surface area contributed by atoms with E-state index in [0.717, 1.165) is 38.8 Å². The molecule has 262 valence electrons. The van der Waals surface area contributed by atoms with Gasteiger partial charge in [-0.3, -0.25) is 0 Å². The molecule has 0 saturated carbocycles. The van der Waals surface area contributed by atoms with E-state index in [1.807, 2.05) is 138 Å². The molecule has 0 aliphatic heterocycles. The fraction of sp³-hybridized carbons (Fsp3) is 0. The minimum Gasteiger partial charge on any atom is -0.309 e. The first-order valence-corrected chi connectivity index (χ1v) is 18.4. The van der Waals surface area contributed by atoms with E-state index < -0.39 is 42.3 Å². The van der Waals surface area contributed by atoms with Crippen LogP contribution >= 0.6 is 0 Å². The van der Waals surface area contributed by atoms with Gasteiger partial charge in [-0.05, 0) is 105 Å². The second-order valence-electron chi connectivity index (χ2n) is 13.7. The number of benzene rings is 9. The second kappa shape index (κ2) is 13.2. The summed E-state index contributed by atoms with van der Waals surface area (Å²) in [6.45, 7) is 0. The van der Waals surface area contributed by atoms with Gasteiger partial charge >= 0.3 is 0 Å². The molecular weight excluding hydrogens is 677 g/mol. The third kappa shape index (κ3) is 5.26. The molecule has 9 aromatic carbocycles. The van der Waals surface area contributed by atoms with Crippen LogP contribution in [0.5, 0.6) is 0 Å². The van der Waals surface area contributed by atoms with E-state index in [2.05, 4.69) is 0 Å². The summed E-state index contributed by atoms with van der Waals surface area (Å²) >= 11 is 0. The summed E-state index contributed by atoms with van der Waals surface area (Å²) in [4.78, 5) is 0. The summed E-state index contributed by atoms with van der Waals surface area (Å²) in [5.74, 6) is 0. The molecule has 0 atom stereocenters. The first-order chi connectivity index (χ1) is 32.4. The zero-order chi connectivity index (χ0) is 46.6. The molecule has 11 rings (SSSR count). The topological polar surface area (TPSA) is 9.86 Å². The standard InChI is InChI=1S/C54H36N2/c1-4-15-37(16-5-1)40-21-12-23-44(33-40)55-50-27-11-10-25-47(50)48-35-42(29-31-51(48)55)43-30-32-52-49(36-43)54-46(39-19-8-3-9-20-39)26-14-28-53(54)56(52)45-24-13-22-41(34-45)38-17-6-2-7-18-38/h1-36H/i3D,8D,9D,14D,19D,20D,26D,28D,29D,31D,35D. The van der Waals surface area contributed by atoms with Gasteiger partial charge in [-0.25, -0.2) is 0 Å². The SMILES string of the molecule is [2H]c1c([2H])c([2H])c(-c2c([2H])c([2H])c([2H])c3c2c2cc(-c4c([2H])c([2H])c5c(c4[2H])c4ccccc4n5-c4cccc(-c5ccccc5)c4)ccc2n3-c2cccc(-c3ccccc3)c2)c([2H])c1[2H]. The van der Waals surface area contributed by atoms with Crippen LogP contribution in [-0.2, 0) is 0 Å². The smallest absolute Gasteiger partial charge is 0.0645 e. The van der Waals surface area contributed by atoms with Crippen molar-refractivity contribution in [3.8, 4) is 55.9 Å². The Morgan fingerprint density at radius 1 is 0.321 bits per heavy atom. The van der Waals surface area contributed by atoms with Gasteiger partial charge in [0.15, 0.2) is 0 Å².